The van der Waals surface area contributed by atoms with E-state index in [0.717, 1.165) is 38.9 Å². The smallest absolute Gasteiger partial charge is 0.320 e. The van der Waals surface area contributed by atoms with Crippen LogP contribution in [-0.4, -0.2) is 47.7 Å². The molecule has 4 nitrogen and oxygen atoms in total. The largest absolute Gasteiger partial charge is 0.480 e. The monoisotopic (exact) mass is 184 g/mol. The second-order valence-corrected chi connectivity index (χ2v) is 3.88. The first-order valence-electron chi connectivity index (χ1n) is 4.98. The molecule has 74 valence electrons. The van der Waals surface area contributed by atoms with Crippen molar-refractivity contribution in [2.45, 2.75) is 31.3 Å². The number of nitrogens with one attached hydrogen (secondary N) is 1. The van der Waals surface area contributed by atoms with Crippen LogP contribution in [0.15, 0.2) is 0 Å². The fraction of sp³-hybridized carbons (Fsp3) is 0.889. The molecular formula is C9H16N2O2. The summed E-state index contributed by atoms with van der Waals surface area (Å²) in [6, 6.07) is 0.244. The summed E-state index contributed by atoms with van der Waals surface area (Å²) in [7, 11) is 0. The van der Waals surface area contributed by atoms with Crippen LogP contribution in [0.25, 0.3) is 0 Å². The van der Waals surface area contributed by atoms with Gasteiger partial charge in [0.2, 0.25) is 0 Å². The lowest BCUT2D eigenvalue weighted by Crippen LogP contribution is -2.44. The van der Waals surface area contributed by atoms with E-state index in [0.29, 0.717) is 6.04 Å². The summed E-state index contributed by atoms with van der Waals surface area (Å²) in [5.41, 5.74) is 0. The van der Waals surface area contributed by atoms with Gasteiger partial charge in [0.05, 0.1) is 0 Å². The zero-order valence-corrected chi connectivity index (χ0v) is 7.70. The number of carboxylic acids is 1. The van der Waals surface area contributed by atoms with Crippen molar-refractivity contribution in [3.05, 3.63) is 0 Å². The van der Waals surface area contributed by atoms with Crippen LogP contribution in [0, 0.1) is 0 Å². The van der Waals surface area contributed by atoms with E-state index in [2.05, 4.69) is 10.2 Å². The molecule has 2 heterocycles. The number of likely N-dealkylation sites (tertiary alicyclic amines) is 1. The van der Waals surface area contributed by atoms with Gasteiger partial charge in [-0.25, -0.2) is 0 Å². The van der Waals surface area contributed by atoms with E-state index in [1.165, 1.54) is 0 Å². The minimum absolute atomic E-state index is 0.218. The molecule has 0 saturated carbocycles. The zero-order valence-electron chi connectivity index (χ0n) is 7.70. The molecule has 0 amide bonds. The summed E-state index contributed by atoms with van der Waals surface area (Å²) < 4.78 is 0. The molecule has 0 spiro atoms. The van der Waals surface area contributed by atoms with Crippen molar-refractivity contribution in [1.29, 1.82) is 0 Å². The van der Waals surface area contributed by atoms with Gasteiger partial charge in [-0.05, 0) is 32.4 Å². The van der Waals surface area contributed by atoms with E-state index in [4.69, 9.17) is 5.11 Å². The van der Waals surface area contributed by atoms with E-state index < -0.39 is 5.97 Å². The molecule has 13 heavy (non-hydrogen) atoms. The van der Waals surface area contributed by atoms with Crippen molar-refractivity contribution in [2.24, 2.45) is 0 Å². The van der Waals surface area contributed by atoms with Crippen LogP contribution < -0.4 is 5.32 Å². The molecule has 2 aliphatic heterocycles. The van der Waals surface area contributed by atoms with Crippen molar-refractivity contribution >= 4 is 5.97 Å². The van der Waals surface area contributed by atoms with Crippen LogP contribution in [0.3, 0.4) is 0 Å². The molecule has 2 rings (SSSR count). The second kappa shape index (κ2) is 3.64. The number of hydrogen-bond acceptors (Lipinski definition) is 3. The standard InChI is InChI=1S/C9H16N2O2/c12-9(13)8-2-1-5-11(8)7-3-4-10-6-7/h7-8,10H,1-6H2,(H,12,13)/t7-,8+/m0/s1. The number of hydrogen-bond donors (Lipinski definition) is 2. The third kappa shape index (κ3) is 1.69. The summed E-state index contributed by atoms with van der Waals surface area (Å²) in [6.45, 7) is 2.96. The van der Waals surface area contributed by atoms with Crippen LogP contribution in [0.4, 0.5) is 0 Å². The fourth-order valence-corrected chi connectivity index (χ4v) is 2.41. The van der Waals surface area contributed by atoms with E-state index in [-0.39, 0.29) is 6.04 Å². The molecule has 2 N–H and O–H groups in total. The molecule has 2 saturated heterocycles. The Morgan fingerprint density at radius 1 is 1.46 bits per heavy atom. The van der Waals surface area contributed by atoms with Gasteiger partial charge in [-0.3, -0.25) is 9.69 Å². The maximum Gasteiger partial charge on any atom is 0.320 e. The van der Waals surface area contributed by atoms with Gasteiger partial charge in [-0.15, -0.1) is 0 Å². The Kier molecular flexibility index (Phi) is 2.51. The van der Waals surface area contributed by atoms with Crippen molar-refractivity contribution in [2.75, 3.05) is 19.6 Å². The van der Waals surface area contributed by atoms with Crippen molar-refractivity contribution in [3.63, 3.8) is 0 Å². The number of nitrogens with zero attached hydrogens (tertiary/aromatic N) is 1. The normalized spacial score (nSPS) is 35.4. The Bertz CT molecular complexity index is 202. The van der Waals surface area contributed by atoms with Crippen LogP contribution in [-0.2, 0) is 4.79 Å². The lowest BCUT2D eigenvalue weighted by molar-refractivity contribution is -0.142. The minimum Gasteiger partial charge on any atom is -0.480 e. The number of rotatable bonds is 2. The van der Waals surface area contributed by atoms with Gasteiger partial charge in [0.25, 0.3) is 0 Å². The zero-order chi connectivity index (χ0) is 9.26. The van der Waals surface area contributed by atoms with Crippen molar-refractivity contribution < 1.29 is 9.90 Å². The van der Waals surface area contributed by atoms with Crippen LogP contribution in [0.2, 0.25) is 0 Å². The molecule has 2 atom stereocenters. The maximum absolute atomic E-state index is 10.9. The van der Waals surface area contributed by atoms with E-state index in [1.54, 1.807) is 0 Å². The summed E-state index contributed by atoms with van der Waals surface area (Å²) in [5.74, 6) is -0.649. The van der Waals surface area contributed by atoms with Gasteiger partial charge in [-0.1, -0.05) is 0 Å². The van der Waals surface area contributed by atoms with Crippen LogP contribution >= 0.6 is 0 Å². The second-order valence-electron chi connectivity index (χ2n) is 3.88. The third-order valence-corrected chi connectivity index (χ3v) is 3.08. The summed E-state index contributed by atoms with van der Waals surface area (Å²) >= 11 is 0. The van der Waals surface area contributed by atoms with Crippen LogP contribution in [0.1, 0.15) is 19.3 Å². The maximum atomic E-state index is 10.9. The molecule has 0 bridgehead atoms. The molecule has 0 aromatic heterocycles. The first kappa shape index (κ1) is 8.97. The van der Waals surface area contributed by atoms with Gasteiger partial charge in [0.15, 0.2) is 0 Å². The number of carboxylic acid groups (broad SMARTS) is 1. The molecule has 0 aliphatic carbocycles. The highest BCUT2D eigenvalue weighted by atomic mass is 16.4. The Morgan fingerprint density at radius 3 is 2.92 bits per heavy atom. The summed E-state index contributed by atoms with van der Waals surface area (Å²) in [4.78, 5) is 13.1. The Labute approximate surface area is 77.9 Å². The topological polar surface area (TPSA) is 52.6 Å². The van der Waals surface area contributed by atoms with Crippen molar-refractivity contribution in [1.82, 2.24) is 10.2 Å². The minimum atomic E-state index is -0.649. The Balaban J connectivity index is 2.00. The lowest BCUT2D eigenvalue weighted by Gasteiger charge is -2.27. The molecule has 0 unspecified atom stereocenters. The molecule has 2 aliphatic rings. The Morgan fingerprint density at radius 2 is 2.31 bits per heavy atom. The lowest BCUT2D eigenvalue weighted by atomic mass is 10.1. The average Bonchev–Trinajstić information content (AvgIpc) is 2.74. The Hall–Kier alpha value is -0.610. The quantitative estimate of drug-likeness (QED) is 0.629. The highest BCUT2D eigenvalue weighted by Gasteiger charge is 2.36. The van der Waals surface area contributed by atoms with E-state index in [1.807, 2.05) is 0 Å². The molecule has 2 fully saturated rings. The number of aliphatic carboxylic acids is 1. The van der Waals surface area contributed by atoms with Gasteiger partial charge >= 0.3 is 5.97 Å². The van der Waals surface area contributed by atoms with Gasteiger partial charge in [0, 0.05) is 12.6 Å². The predicted molar refractivity (Wildman–Crippen MR) is 48.6 cm³/mol. The average molecular weight is 184 g/mol. The molecule has 0 aromatic rings. The SMILES string of the molecule is O=C(O)[C@H]1CCCN1[C@H]1CCNC1. The fourth-order valence-electron chi connectivity index (χ4n) is 2.41. The number of carbonyl (C=O) groups is 1. The molecule has 0 aromatic carbocycles. The van der Waals surface area contributed by atoms with Crippen LogP contribution in [0.5, 0.6) is 0 Å². The summed E-state index contributed by atoms with van der Waals surface area (Å²) in [5, 5.41) is 12.3. The highest BCUT2D eigenvalue weighted by Crippen LogP contribution is 2.22. The van der Waals surface area contributed by atoms with Gasteiger partial charge in [-0.2, -0.15) is 0 Å². The first-order valence-corrected chi connectivity index (χ1v) is 4.98. The predicted octanol–water partition coefficient (Wildman–Crippen LogP) is -0.103. The van der Waals surface area contributed by atoms with E-state index in [9.17, 15) is 4.79 Å². The summed E-state index contributed by atoms with van der Waals surface area (Å²) in [6.07, 6.45) is 2.96. The molecule has 0 radical (unpaired) electrons. The molecular weight excluding hydrogens is 168 g/mol. The van der Waals surface area contributed by atoms with Gasteiger partial charge in [0.1, 0.15) is 6.04 Å². The van der Waals surface area contributed by atoms with Crippen molar-refractivity contribution in [3.8, 4) is 0 Å². The van der Waals surface area contributed by atoms with Gasteiger partial charge < -0.3 is 10.4 Å². The first-order chi connectivity index (χ1) is 6.29. The van der Waals surface area contributed by atoms with E-state index >= 15 is 0 Å². The highest BCUT2D eigenvalue weighted by molar-refractivity contribution is 5.73. The third-order valence-electron chi connectivity index (χ3n) is 3.08. The molecule has 4 heteroatoms.